The van der Waals surface area contributed by atoms with Crippen LogP contribution in [0.2, 0.25) is 0 Å². The summed E-state index contributed by atoms with van der Waals surface area (Å²) in [6.45, 7) is 9.14. The molecule has 2 rings (SSSR count). The van der Waals surface area contributed by atoms with Gasteiger partial charge in [-0.3, -0.25) is 9.69 Å². The van der Waals surface area contributed by atoms with E-state index in [1.807, 2.05) is 11.8 Å². The summed E-state index contributed by atoms with van der Waals surface area (Å²) >= 11 is 3.47. The highest BCUT2D eigenvalue weighted by Crippen LogP contribution is 2.37. The molecule has 1 atom stereocenters. The third kappa shape index (κ3) is 4.49. The molecule has 6 nitrogen and oxygen atoms in total. The van der Waals surface area contributed by atoms with E-state index < -0.39 is 0 Å². The second-order valence-electron chi connectivity index (χ2n) is 6.57. The molecular formula is C19H26BrN3O3. The number of methoxy groups -OCH3 is 1. The molecule has 0 aromatic heterocycles. The largest absolute Gasteiger partial charge is 0.493 e. The van der Waals surface area contributed by atoms with Crippen LogP contribution < -0.4 is 9.47 Å². The van der Waals surface area contributed by atoms with Gasteiger partial charge in [-0.2, -0.15) is 5.26 Å². The molecule has 26 heavy (non-hydrogen) atoms. The summed E-state index contributed by atoms with van der Waals surface area (Å²) in [6.07, 6.45) is 0. The third-order valence-electron chi connectivity index (χ3n) is 4.52. The molecule has 1 saturated heterocycles. The molecule has 1 aliphatic rings. The molecule has 0 spiro atoms. The number of benzene rings is 1. The van der Waals surface area contributed by atoms with Gasteiger partial charge in [0.15, 0.2) is 11.5 Å². The van der Waals surface area contributed by atoms with Crippen LogP contribution in [0.3, 0.4) is 0 Å². The van der Waals surface area contributed by atoms with Crippen LogP contribution in [-0.2, 0) is 0 Å². The Hall–Kier alpha value is -1.78. The molecule has 0 bridgehead atoms. The van der Waals surface area contributed by atoms with Crippen molar-refractivity contribution >= 4 is 21.8 Å². The monoisotopic (exact) mass is 423 g/mol. The molecule has 1 aromatic carbocycles. The predicted octanol–water partition coefficient (Wildman–Crippen LogP) is 3.16. The first-order chi connectivity index (χ1) is 12.4. The number of nitrogens with zero attached hydrogens (tertiary/aromatic N) is 3. The van der Waals surface area contributed by atoms with Gasteiger partial charge in [0.25, 0.3) is 5.91 Å². The zero-order valence-electron chi connectivity index (χ0n) is 15.8. The maximum absolute atomic E-state index is 12.9. The molecule has 1 unspecified atom stereocenters. The lowest BCUT2D eigenvalue weighted by Crippen LogP contribution is -2.52. The summed E-state index contributed by atoms with van der Waals surface area (Å²) in [4.78, 5) is 16.9. The fourth-order valence-corrected chi connectivity index (χ4v) is 3.72. The first kappa shape index (κ1) is 20.5. The highest BCUT2D eigenvalue weighted by atomic mass is 79.9. The number of piperazine rings is 1. The second kappa shape index (κ2) is 9.24. The van der Waals surface area contributed by atoms with Crippen LogP contribution in [0.5, 0.6) is 11.5 Å². The van der Waals surface area contributed by atoms with Gasteiger partial charge < -0.3 is 14.4 Å². The first-order valence-corrected chi connectivity index (χ1v) is 9.65. The Bertz CT molecular complexity index is 679. The van der Waals surface area contributed by atoms with E-state index in [2.05, 4.69) is 40.7 Å². The van der Waals surface area contributed by atoms with Crippen molar-refractivity contribution in [2.75, 3.05) is 39.9 Å². The molecule has 142 valence electrons. The molecule has 0 saturated carbocycles. The Morgan fingerprint density at radius 1 is 1.31 bits per heavy atom. The fourth-order valence-electron chi connectivity index (χ4n) is 3.17. The molecule has 0 aliphatic carbocycles. The molecule has 1 amide bonds. The maximum atomic E-state index is 12.9. The number of rotatable bonds is 6. The van der Waals surface area contributed by atoms with Crippen molar-refractivity contribution in [3.8, 4) is 17.6 Å². The van der Waals surface area contributed by atoms with Gasteiger partial charge in [0.05, 0.1) is 24.3 Å². The Balaban J connectivity index is 2.11. The molecule has 0 radical (unpaired) electrons. The topological polar surface area (TPSA) is 65.8 Å². The lowest BCUT2D eigenvalue weighted by atomic mass is 10.0. The van der Waals surface area contributed by atoms with Gasteiger partial charge in [-0.1, -0.05) is 13.8 Å². The molecular weight excluding hydrogens is 398 g/mol. The third-order valence-corrected chi connectivity index (χ3v) is 5.11. The van der Waals surface area contributed by atoms with Gasteiger partial charge in [-0.25, -0.2) is 0 Å². The van der Waals surface area contributed by atoms with Gasteiger partial charge in [-0.05, 0) is 40.9 Å². The predicted molar refractivity (Wildman–Crippen MR) is 104 cm³/mol. The molecule has 1 fully saturated rings. The second-order valence-corrected chi connectivity index (χ2v) is 7.42. The highest BCUT2D eigenvalue weighted by molar-refractivity contribution is 9.10. The zero-order valence-corrected chi connectivity index (χ0v) is 17.4. The number of amides is 1. The number of nitriles is 1. The normalized spacial score (nSPS) is 16.3. The minimum atomic E-state index is -0.105. The summed E-state index contributed by atoms with van der Waals surface area (Å²) < 4.78 is 11.7. The van der Waals surface area contributed by atoms with Gasteiger partial charge in [0.1, 0.15) is 6.04 Å². The first-order valence-electron chi connectivity index (χ1n) is 8.86. The molecule has 1 aliphatic heterocycles. The van der Waals surface area contributed by atoms with E-state index >= 15 is 0 Å². The van der Waals surface area contributed by atoms with E-state index in [0.29, 0.717) is 54.3 Å². The van der Waals surface area contributed by atoms with Crippen LogP contribution >= 0.6 is 15.9 Å². The van der Waals surface area contributed by atoms with Crippen LogP contribution in [0.15, 0.2) is 16.6 Å². The van der Waals surface area contributed by atoms with Gasteiger partial charge in [0.2, 0.25) is 0 Å². The van der Waals surface area contributed by atoms with Gasteiger partial charge in [-0.15, -0.1) is 0 Å². The zero-order chi connectivity index (χ0) is 19.3. The number of hydrogen-bond donors (Lipinski definition) is 0. The van der Waals surface area contributed by atoms with Crippen molar-refractivity contribution in [2.24, 2.45) is 5.92 Å². The van der Waals surface area contributed by atoms with E-state index in [1.165, 1.54) is 0 Å². The van der Waals surface area contributed by atoms with Crippen LogP contribution in [-0.4, -0.2) is 61.6 Å². The fraction of sp³-hybridized carbons (Fsp3) is 0.579. The number of hydrogen-bond acceptors (Lipinski definition) is 5. The van der Waals surface area contributed by atoms with Crippen molar-refractivity contribution < 1.29 is 14.3 Å². The minimum Gasteiger partial charge on any atom is -0.493 e. The summed E-state index contributed by atoms with van der Waals surface area (Å²) in [5.74, 6) is 1.37. The van der Waals surface area contributed by atoms with Crippen LogP contribution in [0.4, 0.5) is 0 Å². The Morgan fingerprint density at radius 3 is 2.46 bits per heavy atom. The Morgan fingerprint density at radius 2 is 1.96 bits per heavy atom. The standard InChI is InChI=1S/C19H26BrN3O3/c1-5-26-18-15(20)10-14(11-17(18)25-4)19(24)23-8-6-22(7-9-23)16(12-21)13(2)3/h10-11,13,16H,5-9H2,1-4H3. The number of ether oxygens (including phenoxy) is 2. The summed E-state index contributed by atoms with van der Waals surface area (Å²) in [5.41, 5.74) is 0.561. The van der Waals surface area contributed by atoms with Crippen molar-refractivity contribution in [3.63, 3.8) is 0 Å². The lowest BCUT2D eigenvalue weighted by molar-refractivity contribution is 0.0576. The van der Waals surface area contributed by atoms with Crippen molar-refractivity contribution in [1.29, 1.82) is 5.26 Å². The van der Waals surface area contributed by atoms with Crippen molar-refractivity contribution in [3.05, 3.63) is 22.2 Å². The lowest BCUT2D eigenvalue weighted by Gasteiger charge is -2.38. The van der Waals surface area contributed by atoms with Gasteiger partial charge >= 0.3 is 0 Å². The quantitative estimate of drug-likeness (QED) is 0.702. The van der Waals surface area contributed by atoms with Crippen molar-refractivity contribution in [1.82, 2.24) is 9.80 Å². The molecule has 1 aromatic rings. The summed E-state index contributed by atoms with van der Waals surface area (Å²) in [7, 11) is 1.56. The summed E-state index contributed by atoms with van der Waals surface area (Å²) in [5, 5.41) is 9.36. The van der Waals surface area contributed by atoms with E-state index in [1.54, 1.807) is 19.2 Å². The van der Waals surface area contributed by atoms with E-state index in [9.17, 15) is 10.1 Å². The van der Waals surface area contributed by atoms with Crippen LogP contribution in [0, 0.1) is 17.2 Å². The summed E-state index contributed by atoms with van der Waals surface area (Å²) in [6, 6.07) is 5.76. The molecule has 1 heterocycles. The SMILES string of the molecule is CCOc1c(Br)cc(C(=O)N2CCN(C(C#N)C(C)C)CC2)cc1OC. The Kier molecular flexibility index (Phi) is 7.30. The smallest absolute Gasteiger partial charge is 0.254 e. The van der Waals surface area contributed by atoms with Gasteiger partial charge in [0, 0.05) is 31.7 Å². The average molecular weight is 424 g/mol. The van der Waals surface area contributed by atoms with Crippen LogP contribution in [0.1, 0.15) is 31.1 Å². The van der Waals surface area contributed by atoms with E-state index in [0.717, 1.165) is 0 Å². The van der Waals surface area contributed by atoms with Crippen LogP contribution in [0.25, 0.3) is 0 Å². The van der Waals surface area contributed by atoms with Crippen molar-refractivity contribution in [2.45, 2.75) is 26.8 Å². The average Bonchev–Trinajstić information content (AvgIpc) is 2.63. The number of halogens is 1. The number of carbonyl (C=O) groups excluding carboxylic acids is 1. The highest BCUT2D eigenvalue weighted by Gasteiger charge is 2.28. The maximum Gasteiger partial charge on any atom is 0.254 e. The minimum absolute atomic E-state index is 0.0373. The van der Waals surface area contributed by atoms with E-state index in [4.69, 9.17) is 9.47 Å². The molecule has 7 heteroatoms. The number of carbonyl (C=O) groups is 1. The Labute approximate surface area is 163 Å². The van der Waals surface area contributed by atoms with E-state index in [-0.39, 0.29) is 17.9 Å². The molecule has 0 N–H and O–H groups in total.